The molecule has 0 aromatic carbocycles. The van der Waals surface area contributed by atoms with Gasteiger partial charge in [-0.05, 0) is 26.1 Å². The van der Waals surface area contributed by atoms with Crippen molar-refractivity contribution in [2.24, 2.45) is 5.73 Å². The maximum absolute atomic E-state index is 6.03. The topological polar surface area (TPSA) is 29.3 Å². The van der Waals surface area contributed by atoms with Crippen LogP contribution < -0.4 is 5.73 Å². The summed E-state index contributed by atoms with van der Waals surface area (Å²) in [6.45, 7) is 2.01. The van der Waals surface area contributed by atoms with Crippen LogP contribution in [0.15, 0.2) is 0 Å². The molecule has 1 saturated carbocycles. The molecule has 15 heavy (non-hydrogen) atoms. The van der Waals surface area contributed by atoms with E-state index in [-0.39, 0.29) is 0 Å². The molecule has 0 radical (unpaired) electrons. The summed E-state index contributed by atoms with van der Waals surface area (Å²) in [6.07, 6.45) is 10.3. The Morgan fingerprint density at radius 2 is 1.80 bits per heavy atom. The molecular formula is C12H26N2S. The smallest absolute Gasteiger partial charge is 0.0329 e. The molecule has 0 heterocycles. The normalized spacial score (nSPS) is 21.6. The van der Waals surface area contributed by atoms with Crippen molar-refractivity contribution in [3.63, 3.8) is 0 Å². The number of nitrogens with zero attached hydrogens (tertiary/aromatic N) is 1. The lowest BCUT2D eigenvalue weighted by molar-refractivity contribution is 0.115. The molecule has 0 aliphatic heterocycles. The third-order valence-electron chi connectivity index (χ3n) is 3.85. The van der Waals surface area contributed by atoms with Crippen molar-refractivity contribution in [3.05, 3.63) is 0 Å². The molecule has 0 bridgehead atoms. The summed E-state index contributed by atoms with van der Waals surface area (Å²) in [5.74, 6) is 1.22. The Hall–Kier alpha value is 0.270. The first-order valence-corrected chi connectivity index (χ1v) is 7.55. The molecule has 1 fully saturated rings. The molecule has 2 N–H and O–H groups in total. The van der Waals surface area contributed by atoms with Crippen LogP contribution >= 0.6 is 11.8 Å². The molecule has 90 valence electrons. The van der Waals surface area contributed by atoms with Gasteiger partial charge in [0, 0.05) is 24.4 Å². The molecule has 1 aliphatic rings. The minimum atomic E-state index is 0.312. The van der Waals surface area contributed by atoms with Crippen molar-refractivity contribution >= 4 is 11.8 Å². The van der Waals surface area contributed by atoms with Crippen molar-refractivity contribution < 1.29 is 0 Å². The Balaban J connectivity index is 2.55. The summed E-state index contributed by atoms with van der Waals surface area (Å²) in [5, 5.41) is 0. The van der Waals surface area contributed by atoms with Crippen LogP contribution in [0.2, 0.25) is 0 Å². The van der Waals surface area contributed by atoms with Gasteiger partial charge in [-0.25, -0.2) is 0 Å². The van der Waals surface area contributed by atoms with Gasteiger partial charge in [0.15, 0.2) is 0 Å². The second kappa shape index (κ2) is 6.77. The largest absolute Gasteiger partial charge is 0.329 e. The zero-order valence-corrected chi connectivity index (χ0v) is 11.1. The molecule has 0 amide bonds. The first-order valence-electron chi connectivity index (χ1n) is 6.15. The Labute approximate surface area is 99.0 Å². The lowest BCUT2D eigenvalue weighted by atomic mass is 9.88. The molecule has 1 aliphatic carbocycles. The Kier molecular flexibility index (Phi) is 6.02. The molecule has 0 unspecified atom stereocenters. The summed E-state index contributed by atoms with van der Waals surface area (Å²) in [4.78, 5) is 2.52. The zero-order valence-electron chi connectivity index (χ0n) is 10.3. The van der Waals surface area contributed by atoms with Crippen molar-refractivity contribution in [3.8, 4) is 0 Å². The highest BCUT2D eigenvalue weighted by atomic mass is 32.2. The molecule has 0 atom stereocenters. The molecule has 0 aromatic rings. The summed E-state index contributed by atoms with van der Waals surface area (Å²) >= 11 is 1.93. The molecular weight excluding hydrogens is 204 g/mol. The maximum Gasteiger partial charge on any atom is 0.0329 e. The van der Waals surface area contributed by atoms with Crippen LogP contribution in [0.25, 0.3) is 0 Å². The third kappa shape index (κ3) is 3.65. The van der Waals surface area contributed by atoms with Gasteiger partial charge in [-0.1, -0.05) is 25.7 Å². The van der Waals surface area contributed by atoms with Gasteiger partial charge in [0.2, 0.25) is 0 Å². The highest BCUT2D eigenvalue weighted by Gasteiger charge is 2.32. The Bertz CT molecular complexity index is 165. The lowest BCUT2D eigenvalue weighted by Gasteiger charge is -2.41. The molecule has 3 heteroatoms. The van der Waals surface area contributed by atoms with Crippen LogP contribution in [-0.2, 0) is 0 Å². The first-order chi connectivity index (χ1) is 7.25. The summed E-state index contributed by atoms with van der Waals surface area (Å²) in [7, 11) is 2.26. The molecule has 0 spiro atoms. The van der Waals surface area contributed by atoms with E-state index in [4.69, 9.17) is 5.73 Å². The van der Waals surface area contributed by atoms with Crippen molar-refractivity contribution in [1.82, 2.24) is 4.90 Å². The highest BCUT2D eigenvalue weighted by Crippen LogP contribution is 2.30. The average molecular weight is 230 g/mol. The number of nitrogens with two attached hydrogens (primary N) is 1. The van der Waals surface area contributed by atoms with E-state index in [1.54, 1.807) is 0 Å². The predicted molar refractivity (Wildman–Crippen MR) is 70.5 cm³/mol. The molecule has 2 nitrogen and oxygen atoms in total. The van der Waals surface area contributed by atoms with Gasteiger partial charge in [0.05, 0.1) is 0 Å². The van der Waals surface area contributed by atoms with Crippen LogP contribution in [0.3, 0.4) is 0 Å². The average Bonchev–Trinajstić information content (AvgIpc) is 2.52. The van der Waals surface area contributed by atoms with Crippen LogP contribution in [0, 0.1) is 0 Å². The van der Waals surface area contributed by atoms with Crippen LogP contribution in [-0.4, -0.2) is 42.6 Å². The van der Waals surface area contributed by atoms with E-state index in [9.17, 15) is 0 Å². The zero-order chi connectivity index (χ0) is 11.1. The minimum absolute atomic E-state index is 0.312. The number of hydrogen-bond donors (Lipinski definition) is 1. The van der Waals surface area contributed by atoms with Gasteiger partial charge in [-0.2, -0.15) is 11.8 Å². The quantitative estimate of drug-likeness (QED) is 0.735. The fourth-order valence-electron chi connectivity index (χ4n) is 2.59. The Morgan fingerprint density at radius 3 is 2.27 bits per heavy atom. The van der Waals surface area contributed by atoms with Gasteiger partial charge in [-0.15, -0.1) is 0 Å². The van der Waals surface area contributed by atoms with Crippen LogP contribution in [0.5, 0.6) is 0 Å². The van der Waals surface area contributed by atoms with E-state index in [2.05, 4.69) is 18.2 Å². The van der Waals surface area contributed by atoms with Crippen LogP contribution in [0.1, 0.15) is 38.5 Å². The minimum Gasteiger partial charge on any atom is -0.329 e. The van der Waals surface area contributed by atoms with E-state index < -0.39 is 0 Å². The first kappa shape index (κ1) is 13.3. The van der Waals surface area contributed by atoms with E-state index in [0.29, 0.717) is 5.54 Å². The fraction of sp³-hybridized carbons (Fsp3) is 1.00. The molecule has 0 saturated heterocycles. The van der Waals surface area contributed by atoms with Gasteiger partial charge in [0.1, 0.15) is 0 Å². The molecule has 1 rings (SSSR count). The van der Waals surface area contributed by atoms with Gasteiger partial charge < -0.3 is 5.73 Å². The van der Waals surface area contributed by atoms with E-state index in [0.717, 1.165) is 6.54 Å². The van der Waals surface area contributed by atoms with Gasteiger partial charge >= 0.3 is 0 Å². The standard InChI is InChI=1S/C12H26N2S/c1-14(9-10-15-2)12(11-13)7-5-3-4-6-8-12/h3-11,13H2,1-2H3. The highest BCUT2D eigenvalue weighted by molar-refractivity contribution is 7.98. The number of likely N-dealkylation sites (N-methyl/N-ethyl adjacent to an activating group) is 1. The molecule has 0 aromatic heterocycles. The predicted octanol–water partition coefficient (Wildman–Crippen LogP) is 2.33. The second-order valence-corrected chi connectivity index (χ2v) is 5.74. The van der Waals surface area contributed by atoms with Crippen molar-refractivity contribution in [1.29, 1.82) is 0 Å². The van der Waals surface area contributed by atoms with E-state index in [1.165, 1.54) is 50.8 Å². The van der Waals surface area contributed by atoms with E-state index in [1.807, 2.05) is 11.8 Å². The SMILES string of the molecule is CSCCN(C)C1(CN)CCCCCC1. The van der Waals surface area contributed by atoms with Crippen molar-refractivity contribution in [2.75, 3.05) is 32.1 Å². The number of hydrogen-bond acceptors (Lipinski definition) is 3. The lowest BCUT2D eigenvalue weighted by Crippen LogP contribution is -2.52. The third-order valence-corrected chi connectivity index (χ3v) is 4.45. The number of rotatable bonds is 5. The number of thioether (sulfide) groups is 1. The van der Waals surface area contributed by atoms with Gasteiger partial charge in [-0.3, -0.25) is 4.90 Å². The van der Waals surface area contributed by atoms with E-state index >= 15 is 0 Å². The Morgan fingerprint density at radius 1 is 1.20 bits per heavy atom. The van der Waals surface area contributed by atoms with Crippen molar-refractivity contribution in [2.45, 2.75) is 44.1 Å². The monoisotopic (exact) mass is 230 g/mol. The maximum atomic E-state index is 6.03. The summed E-state index contributed by atoms with van der Waals surface area (Å²) < 4.78 is 0. The van der Waals surface area contributed by atoms with Gasteiger partial charge in [0.25, 0.3) is 0 Å². The van der Waals surface area contributed by atoms with Crippen LogP contribution in [0.4, 0.5) is 0 Å². The summed E-state index contributed by atoms with van der Waals surface area (Å²) in [6, 6.07) is 0. The fourth-order valence-corrected chi connectivity index (χ4v) is 3.05. The second-order valence-electron chi connectivity index (χ2n) is 4.76. The summed E-state index contributed by atoms with van der Waals surface area (Å²) in [5.41, 5.74) is 6.34.